The highest BCUT2D eigenvalue weighted by Crippen LogP contribution is 2.33. The van der Waals surface area contributed by atoms with Gasteiger partial charge in [-0.25, -0.2) is 4.98 Å². The molecule has 0 radical (unpaired) electrons. The van der Waals surface area contributed by atoms with Crippen molar-refractivity contribution in [2.24, 2.45) is 5.92 Å². The van der Waals surface area contributed by atoms with Crippen molar-refractivity contribution in [1.29, 1.82) is 0 Å². The second kappa shape index (κ2) is 10.0. The van der Waals surface area contributed by atoms with Crippen molar-refractivity contribution in [2.45, 2.75) is 27.2 Å². The van der Waals surface area contributed by atoms with Gasteiger partial charge in [0.25, 0.3) is 0 Å². The maximum absolute atomic E-state index is 12.8. The number of halogens is 2. The molecule has 1 fully saturated rings. The zero-order valence-corrected chi connectivity index (χ0v) is 18.4. The largest absolute Gasteiger partial charge is 0.379 e. The Kier molecular flexibility index (Phi) is 8.31. The first-order chi connectivity index (χ1) is 12.5. The van der Waals surface area contributed by atoms with Crippen LogP contribution in [0.25, 0.3) is 10.2 Å². The Morgan fingerprint density at radius 1 is 1.37 bits per heavy atom. The van der Waals surface area contributed by atoms with Gasteiger partial charge in [-0.1, -0.05) is 36.8 Å². The standard InChI is InChI=1S/C19H26ClN3O2S.ClH/c1-13(2)18(24)23(6-4-5-22-7-9-25-10-8-22)19-21-17-14(3)11-15(20)12-16(17)26-19;/h11-13H,4-10H2,1-3H3;1H. The van der Waals surface area contributed by atoms with E-state index in [0.29, 0.717) is 11.6 Å². The first-order valence-corrected chi connectivity index (χ1v) is 10.3. The molecule has 0 aliphatic carbocycles. The van der Waals surface area contributed by atoms with Crippen LogP contribution in [0.5, 0.6) is 0 Å². The number of fused-ring (bicyclic) bond motifs is 1. The van der Waals surface area contributed by atoms with E-state index in [1.54, 1.807) is 11.3 Å². The lowest BCUT2D eigenvalue weighted by Gasteiger charge is -2.28. The number of thiazole rings is 1. The fraction of sp³-hybridized carbons (Fsp3) is 0.579. The zero-order valence-electron chi connectivity index (χ0n) is 16.0. The van der Waals surface area contributed by atoms with Gasteiger partial charge in [0, 0.05) is 37.1 Å². The minimum absolute atomic E-state index is 0. The van der Waals surface area contributed by atoms with Crippen LogP contribution in [-0.2, 0) is 9.53 Å². The number of benzene rings is 1. The maximum atomic E-state index is 12.8. The summed E-state index contributed by atoms with van der Waals surface area (Å²) in [6.45, 7) is 11.1. The van der Waals surface area contributed by atoms with Gasteiger partial charge >= 0.3 is 0 Å². The van der Waals surface area contributed by atoms with Crippen LogP contribution in [0.2, 0.25) is 5.02 Å². The average Bonchev–Trinajstić information content (AvgIpc) is 3.03. The number of amides is 1. The van der Waals surface area contributed by atoms with Crippen molar-refractivity contribution >= 4 is 56.6 Å². The van der Waals surface area contributed by atoms with Gasteiger partial charge in [0.1, 0.15) is 0 Å². The Labute approximate surface area is 176 Å². The van der Waals surface area contributed by atoms with E-state index >= 15 is 0 Å². The lowest BCUT2D eigenvalue weighted by Crippen LogP contribution is -2.40. The highest BCUT2D eigenvalue weighted by Gasteiger charge is 2.23. The monoisotopic (exact) mass is 431 g/mol. The van der Waals surface area contributed by atoms with Crippen molar-refractivity contribution in [3.8, 4) is 0 Å². The number of carbonyl (C=O) groups is 1. The molecule has 2 heterocycles. The lowest BCUT2D eigenvalue weighted by molar-refractivity contribution is -0.121. The van der Waals surface area contributed by atoms with E-state index in [1.807, 2.05) is 37.8 Å². The number of aromatic nitrogens is 1. The molecule has 1 aromatic carbocycles. The van der Waals surface area contributed by atoms with Crippen LogP contribution >= 0.6 is 35.3 Å². The summed E-state index contributed by atoms with van der Waals surface area (Å²) in [6.07, 6.45) is 0.925. The topological polar surface area (TPSA) is 45.7 Å². The maximum Gasteiger partial charge on any atom is 0.231 e. The van der Waals surface area contributed by atoms with Gasteiger partial charge in [-0.05, 0) is 31.0 Å². The second-order valence-electron chi connectivity index (χ2n) is 7.02. The minimum atomic E-state index is -0.0601. The first-order valence-electron chi connectivity index (χ1n) is 9.14. The van der Waals surface area contributed by atoms with E-state index in [-0.39, 0.29) is 24.2 Å². The fourth-order valence-corrected chi connectivity index (χ4v) is 4.60. The molecule has 8 heteroatoms. The van der Waals surface area contributed by atoms with Crippen molar-refractivity contribution in [2.75, 3.05) is 44.3 Å². The molecule has 0 N–H and O–H groups in total. The van der Waals surface area contributed by atoms with Crippen molar-refractivity contribution in [1.82, 2.24) is 9.88 Å². The van der Waals surface area contributed by atoms with E-state index < -0.39 is 0 Å². The third-order valence-electron chi connectivity index (χ3n) is 4.59. The predicted molar refractivity (Wildman–Crippen MR) is 116 cm³/mol. The van der Waals surface area contributed by atoms with Crippen LogP contribution in [0.3, 0.4) is 0 Å². The van der Waals surface area contributed by atoms with Gasteiger partial charge in [-0.15, -0.1) is 12.4 Å². The van der Waals surface area contributed by atoms with Gasteiger partial charge in [-0.2, -0.15) is 0 Å². The van der Waals surface area contributed by atoms with E-state index in [2.05, 4.69) is 4.90 Å². The highest BCUT2D eigenvalue weighted by molar-refractivity contribution is 7.22. The molecule has 2 aromatic rings. The number of rotatable bonds is 6. The number of hydrogen-bond acceptors (Lipinski definition) is 5. The lowest BCUT2D eigenvalue weighted by atomic mass is 10.2. The predicted octanol–water partition coefficient (Wildman–Crippen LogP) is 4.39. The molecule has 0 unspecified atom stereocenters. The van der Waals surface area contributed by atoms with E-state index in [1.165, 1.54) is 0 Å². The number of anilines is 1. The number of nitrogens with zero attached hydrogens (tertiary/aromatic N) is 3. The third-order valence-corrected chi connectivity index (χ3v) is 5.83. The molecule has 1 saturated heterocycles. The number of morpholine rings is 1. The summed E-state index contributed by atoms with van der Waals surface area (Å²) in [5, 5.41) is 1.48. The third kappa shape index (κ3) is 5.55. The van der Waals surface area contributed by atoms with Crippen LogP contribution < -0.4 is 4.90 Å². The summed E-state index contributed by atoms with van der Waals surface area (Å²) in [5.41, 5.74) is 1.98. The van der Waals surface area contributed by atoms with Crippen molar-refractivity contribution in [3.63, 3.8) is 0 Å². The second-order valence-corrected chi connectivity index (χ2v) is 8.46. The zero-order chi connectivity index (χ0) is 18.7. The van der Waals surface area contributed by atoms with Crippen LogP contribution in [0, 0.1) is 12.8 Å². The Morgan fingerprint density at radius 2 is 2.07 bits per heavy atom. The Bertz CT molecular complexity index is 776. The van der Waals surface area contributed by atoms with E-state index in [0.717, 1.165) is 60.2 Å². The molecule has 0 spiro atoms. The van der Waals surface area contributed by atoms with Crippen LogP contribution in [0.1, 0.15) is 25.8 Å². The van der Waals surface area contributed by atoms with Gasteiger partial charge in [0.05, 0.1) is 23.4 Å². The fourth-order valence-electron chi connectivity index (χ4n) is 3.15. The molecule has 1 aliphatic heterocycles. The van der Waals surface area contributed by atoms with Crippen LogP contribution in [-0.4, -0.2) is 55.2 Å². The summed E-state index contributed by atoms with van der Waals surface area (Å²) < 4.78 is 6.42. The van der Waals surface area contributed by atoms with Crippen LogP contribution in [0.15, 0.2) is 12.1 Å². The van der Waals surface area contributed by atoms with Crippen molar-refractivity contribution in [3.05, 3.63) is 22.7 Å². The van der Waals surface area contributed by atoms with Gasteiger partial charge < -0.3 is 4.74 Å². The normalized spacial score (nSPS) is 15.1. The first kappa shape index (κ1) is 22.4. The van der Waals surface area contributed by atoms with E-state index in [9.17, 15) is 4.79 Å². The van der Waals surface area contributed by atoms with E-state index in [4.69, 9.17) is 21.3 Å². The van der Waals surface area contributed by atoms with Gasteiger partial charge in [0.2, 0.25) is 5.91 Å². The molecule has 0 saturated carbocycles. The molecular formula is C19H27Cl2N3O2S. The Hall–Kier alpha value is -0.920. The molecule has 1 aliphatic rings. The van der Waals surface area contributed by atoms with Crippen molar-refractivity contribution < 1.29 is 9.53 Å². The number of aryl methyl sites for hydroxylation is 1. The molecule has 0 atom stereocenters. The summed E-state index contributed by atoms with van der Waals surface area (Å²) in [6, 6.07) is 3.84. The summed E-state index contributed by atoms with van der Waals surface area (Å²) in [4.78, 5) is 21.8. The molecule has 1 aromatic heterocycles. The summed E-state index contributed by atoms with van der Waals surface area (Å²) in [5.74, 6) is 0.0601. The minimum Gasteiger partial charge on any atom is -0.379 e. The summed E-state index contributed by atoms with van der Waals surface area (Å²) in [7, 11) is 0. The molecule has 1 amide bonds. The van der Waals surface area contributed by atoms with Crippen LogP contribution in [0.4, 0.5) is 5.13 Å². The summed E-state index contributed by atoms with van der Waals surface area (Å²) >= 11 is 7.72. The molecular weight excluding hydrogens is 405 g/mol. The molecule has 27 heavy (non-hydrogen) atoms. The molecule has 150 valence electrons. The quantitative estimate of drug-likeness (QED) is 0.679. The number of hydrogen-bond donors (Lipinski definition) is 0. The van der Waals surface area contributed by atoms with Gasteiger partial charge in [0.15, 0.2) is 5.13 Å². The molecule has 0 bridgehead atoms. The smallest absolute Gasteiger partial charge is 0.231 e. The average molecular weight is 432 g/mol. The Morgan fingerprint density at radius 3 is 2.74 bits per heavy atom. The number of carbonyl (C=O) groups excluding carboxylic acids is 1. The SMILES string of the molecule is Cc1cc(Cl)cc2sc(N(CCCN3CCOCC3)C(=O)C(C)C)nc12.Cl. The molecule has 3 rings (SSSR count). The van der Waals surface area contributed by atoms with Gasteiger partial charge in [-0.3, -0.25) is 14.6 Å². The molecule has 5 nitrogen and oxygen atoms in total. The Balaban J connectivity index is 0.00000261. The highest BCUT2D eigenvalue weighted by atomic mass is 35.5. The number of ether oxygens (including phenoxy) is 1.